The molecule has 7 nitrogen and oxygen atoms in total. The van der Waals surface area contributed by atoms with Gasteiger partial charge in [-0.1, -0.05) is 37.3 Å². The number of fused-ring (bicyclic) bond motifs is 1. The van der Waals surface area contributed by atoms with Crippen LogP contribution in [0.15, 0.2) is 60.7 Å². The van der Waals surface area contributed by atoms with E-state index in [9.17, 15) is 4.79 Å². The molecule has 0 fully saturated rings. The fourth-order valence-corrected chi connectivity index (χ4v) is 4.22. The van der Waals surface area contributed by atoms with Crippen LogP contribution in [0.25, 0.3) is 21.9 Å². The average Bonchev–Trinajstić information content (AvgIpc) is 2.94. The van der Waals surface area contributed by atoms with Gasteiger partial charge in [-0.25, -0.2) is 9.78 Å². The van der Waals surface area contributed by atoms with Crippen LogP contribution in [-0.4, -0.2) is 39.4 Å². The quantitative estimate of drug-likeness (QED) is 0.274. The van der Waals surface area contributed by atoms with Crippen molar-refractivity contribution in [3.63, 3.8) is 0 Å². The number of carbonyl (C=O) groups is 1. The minimum absolute atomic E-state index is 0.217. The van der Waals surface area contributed by atoms with Crippen LogP contribution in [0.1, 0.15) is 28.7 Å². The lowest BCUT2D eigenvalue weighted by Gasteiger charge is -2.18. The molecule has 36 heavy (non-hydrogen) atoms. The first kappa shape index (κ1) is 24.9. The maximum atomic E-state index is 12.9. The smallest absolute Gasteiger partial charge is 0.357 e. The van der Waals surface area contributed by atoms with Gasteiger partial charge in [0.25, 0.3) is 0 Å². The first-order chi connectivity index (χ1) is 17.5. The zero-order valence-corrected chi connectivity index (χ0v) is 21.1. The minimum atomic E-state index is -0.528. The van der Waals surface area contributed by atoms with Crippen molar-refractivity contribution in [2.24, 2.45) is 0 Å². The van der Waals surface area contributed by atoms with E-state index in [-0.39, 0.29) is 5.69 Å². The number of carbonyl (C=O) groups excluding carboxylic acids is 1. The van der Waals surface area contributed by atoms with Crippen LogP contribution in [0.2, 0.25) is 0 Å². The van der Waals surface area contributed by atoms with Crippen molar-refractivity contribution in [1.82, 2.24) is 4.98 Å². The van der Waals surface area contributed by atoms with Gasteiger partial charge in [0.05, 0.1) is 28.4 Å². The van der Waals surface area contributed by atoms with Crippen LogP contribution in [0.5, 0.6) is 23.0 Å². The third kappa shape index (κ3) is 4.77. The highest BCUT2D eigenvalue weighted by atomic mass is 16.5. The van der Waals surface area contributed by atoms with Crippen LogP contribution in [0.3, 0.4) is 0 Å². The maximum Gasteiger partial charge on any atom is 0.357 e. The van der Waals surface area contributed by atoms with E-state index >= 15 is 0 Å². The van der Waals surface area contributed by atoms with E-state index in [1.54, 1.807) is 33.5 Å². The highest BCUT2D eigenvalue weighted by Crippen LogP contribution is 2.44. The first-order valence-corrected chi connectivity index (χ1v) is 11.6. The maximum absolute atomic E-state index is 12.9. The summed E-state index contributed by atoms with van der Waals surface area (Å²) in [5.74, 6) is 1.59. The summed E-state index contributed by atoms with van der Waals surface area (Å²) in [6, 6.07) is 19.4. The summed E-state index contributed by atoms with van der Waals surface area (Å²) in [5, 5.41) is 1.73. The van der Waals surface area contributed by atoms with Crippen molar-refractivity contribution in [2.45, 2.75) is 20.0 Å². The van der Waals surface area contributed by atoms with Gasteiger partial charge in [-0.2, -0.15) is 0 Å². The highest BCUT2D eigenvalue weighted by Gasteiger charge is 2.24. The number of esters is 1. The van der Waals surface area contributed by atoms with Gasteiger partial charge in [-0.15, -0.1) is 0 Å². The summed E-state index contributed by atoms with van der Waals surface area (Å²) >= 11 is 0. The molecule has 3 aromatic carbocycles. The van der Waals surface area contributed by atoms with Gasteiger partial charge in [0.15, 0.2) is 17.2 Å². The number of rotatable bonds is 9. The summed E-state index contributed by atoms with van der Waals surface area (Å²) < 4.78 is 27.8. The summed E-state index contributed by atoms with van der Waals surface area (Å²) in [7, 11) is 5.99. The molecule has 0 bridgehead atoms. The Balaban J connectivity index is 1.93. The Bertz CT molecular complexity index is 1360. The molecule has 0 spiro atoms. The molecule has 0 saturated carbocycles. The lowest BCUT2D eigenvalue weighted by molar-refractivity contribution is 0.0595. The Hall–Kier alpha value is -4.26. The molecule has 0 unspecified atom stereocenters. The second-order valence-electron chi connectivity index (χ2n) is 8.02. The first-order valence-electron chi connectivity index (χ1n) is 11.6. The predicted molar refractivity (Wildman–Crippen MR) is 138 cm³/mol. The Labute approximate surface area is 210 Å². The van der Waals surface area contributed by atoms with Crippen LogP contribution in [-0.2, 0) is 17.8 Å². The van der Waals surface area contributed by atoms with Crippen molar-refractivity contribution in [3.8, 4) is 34.1 Å². The standard InChI is InChI=1S/C29H29NO6/c1-6-23-22-16-20(36-17-18-10-8-7-9-11-18)12-13-21(22)26(27(30-23)29(31)35-5)19-14-24(32-2)28(34-4)25(15-19)33-3/h7-16H,6,17H2,1-5H3. The van der Waals surface area contributed by atoms with Crippen LogP contribution >= 0.6 is 0 Å². The zero-order valence-electron chi connectivity index (χ0n) is 21.1. The average molecular weight is 488 g/mol. The van der Waals surface area contributed by atoms with Crippen molar-refractivity contribution in [3.05, 3.63) is 77.6 Å². The van der Waals surface area contributed by atoms with Gasteiger partial charge in [-0.05, 0) is 53.3 Å². The van der Waals surface area contributed by atoms with E-state index in [0.29, 0.717) is 47.2 Å². The molecular formula is C29H29NO6. The molecule has 0 aliphatic rings. The van der Waals surface area contributed by atoms with Crippen LogP contribution < -0.4 is 18.9 Å². The third-order valence-electron chi connectivity index (χ3n) is 5.97. The van der Waals surface area contributed by atoms with E-state index in [1.807, 2.05) is 55.5 Å². The molecule has 186 valence electrons. The van der Waals surface area contributed by atoms with E-state index in [2.05, 4.69) is 0 Å². The molecule has 0 amide bonds. The number of aromatic nitrogens is 1. The molecule has 0 N–H and O–H groups in total. The van der Waals surface area contributed by atoms with Crippen molar-refractivity contribution < 1.29 is 28.5 Å². The Morgan fingerprint density at radius 1 is 0.833 bits per heavy atom. The summed E-state index contributed by atoms with van der Waals surface area (Å²) in [6.07, 6.45) is 0.623. The topological polar surface area (TPSA) is 76.1 Å². The lowest BCUT2D eigenvalue weighted by Crippen LogP contribution is -2.10. The van der Waals surface area contributed by atoms with Crippen LogP contribution in [0, 0.1) is 0 Å². The SMILES string of the molecule is CCc1nc(C(=O)OC)c(-c2cc(OC)c(OC)c(OC)c2)c2ccc(OCc3ccccc3)cc12. The monoisotopic (exact) mass is 487 g/mol. The third-order valence-corrected chi connectivity index (χ3v) is 5.97. The molecule has 0 saturated heterocycles. The minimum Gasteiger partial charge on any atom is -0.493 e. The second kappa shape index (κ2) is 11.0. The molecule has 1 heterocycles. The van der Waals surface area contributed by atoms with Gasteiger partial charge in [-0.3, -0.25) is 0 Å². The normalized spacial score (nSPS) is 10.7. The Morgan fingerprint density at radius 3 is 2.11 bits per heavy atom. The molecule has 1 aromatic heterocycles. The van der Waals surface area contributed by atoms with Crippen molar-refractivity contribution >= 4 is 16.7 Å². The van der Waals surface area contributed by atoms with E-state index in [1.165, 1.54) is 7.11 Å². The molecular weight excluding hydrogens is 458 g/mol. The largest absolute Gasteiger partial charge is 0.493 e. The van der Waals surface area contributed by atoms with Gasteiger partial charge in [0.1, 0.15) is 12.4 Å². The van der Waals surface area contributed by atoms with Crippen molar-refractivity contribution in [2.75, 3.05) is 28.4 Å². The summed E-state index contributed by atoms with van der Waals surface area (Å²) in [6.45, 7) is 2.45. The molecule has 0 radical (unpaired) electrons. The van der Waals surface area contributed by atoms with E-state index in [4.69, 9.17) is 28.7 Å². The molecule has 0 atom stereocenters. The summed E-state index contributed by atoms with van der Waals surface area (Å²) in [5.41, 5.74) is 3.36. The molecule has 4 aromatic rings. The molecule has 0 aliphatic carbocycles. The van der Waals surface area contributed by atoms with Gasteiger partial charge in [0.2, 0.25) is 5.75 Å². The number of ether oxygens (including phenoxy) is 5. The molecule has 0 aliphatic heterocycles. The zero-order chi connectivity index (χ0) is 25.7. The number of aryl methyl sites for hydroxylation is 1. The van der Waals surface area contributed by atoms with Gasteiger partial charge < -0.3 is 23.7 Å². The number of hydrogen-bond acceptors (Lipinski definition) is 7. The highest BCUT2D eigenvalue weighted by molar-refractivity contribution is 6.08. The van der Waals surface area contributed by atoms with Crippen molar-refractivity contribution in [1.29, 1.82) is 0 Å². The number of pyridine rings is 1. The predicted octanol–water partition coefficient (Wildman–Crippen LogP) is 5.86. The molecule has 4 rings (SSSR count). The van der Waals surface area contributed by atoms with Gasteiger partial charge in [0, 0.05) is 16.6 Å². The summed E-state index contributed by atoms with van der Waals surface area (Å²) in [4.78, 5) is 17.6. The number of methoxy groups -OCH3 is 4. The second-order valence-corrected chi connectivity index (χ2v) is 8.02. The number of nitrogens with zero attached hydrogens (tertiary/aromatic N) is 1. The lowest BCUT2D eigenvalue weighted by atomic mass is 9.94. The fraction of sp³-hybridized carbons (Fsp3) is 0.241. The fourth-order valence-electron chi connectivity index (χ4n) is 4.22. The Morgan fingerprint density at radius 2 is 1.53 bits per heavy atom. The molecule has 7 heteroatoms. The number of benzene rings is 3. The van der Waals surface area contributed by atoms with E-state index in [0.717, 1.165) is 22.0 Å². The van der Waals surface area contributed by atoms with Crippen LogP contribution in [0.4, 0.5) is 0 Å². The number of hydrogen-bond donors (Lipinski definition) is 0. The van der Waals surface area contributed by atoms with Gasteiger partial charge >= 0.3 is 5.97 Å². The van der Waals surface area contributed by atoms with E-state index < -0.39 is 5.97 Å². The Kier molecular flexibility index (Phi) is 7.59.